The van der Waals surface area contributed by atoms with Gasteiger partial charge < -0.3 is 25.4 Å². The highest BCUT2D eigenvalue weighted by Gasteiger charge is 2.52. The van der Waals surface area contributed by atoms with Crippen LogP contribution in [0.15, 0.2) is 24.3 Å². The van der Waals surface area contributed by atoms with Gasteiger partial charge in [-0.25, -0.2) is 4.79 Å². The van der Waals surface area contributed by atoms with E-state index in [0.29, 0.717) is 37.4 Å². The molecule has 0 aromatic heterocycles. The van der Waals surface area contributed by atoms with Crippen LogP contribution < -0.4 is 15.4 Å². The van der Waals surface area contributed by atoms with Crippen molar-refractivity contribution in [3.8, 4) is 5.75 Å². The van der Waals surface area contributed by atoms with Gasteiger partial charge in [0.1, 0.15) is 5.75 Å². The molecular formula is C17H21N3O5. The third kappa shape index (κ3) is 3.38. The maximum atomic E-state index is 12.4. The number of hydrogen-bond donors (Lipinski definition) is 3. The number of carboxylic acid groups (broad SMARTS) is 1. The average Bonchev–Trinajstić information content (AvgIpc) is 2.91. The molecule has 2 saturated heterocycles. The first-order chi connectivity index (χ1) is 11.9. The Kier molecular flexibility index (Phi) is 4.52. The second-order valence-corrected chi connectivity index (χ2v) is 6.45. The molecule has 0 bridgehead atoms. The van der Waals surface area contributed by atoms with E-state index < -0.39 is 17.4 Å². The summed E-state index contributed by atoms with van der Waals surface area (Å²) >= 11 is 0. The van der Waals surface area contributed by atoms with Crippen LogP contribution in [0.4, 0.5) is 10.5 Å². The predicted octanol–water partition coefficient (Wildman–Crippen LogP) is 1.28. The molecule has 134 valence electrons. The number of nitrogens with zero attached hydrogens (tertiary/aromatic N) is 1. The van der Waals surface area contributed by atoms with E-state index in [1.165, 1.54) is 0 Å². The van der Waals surface area contributed by atoms with E-state index in [1.54, 1.807) is 36.3 Å². The molecule has 1 aromatic carbocycles. The molecule has 0 radical (unpaired) electrons. The SMILES string of the molecule is COc1cccc(NC(=O)N2CCC3(CC2)NC(=O)C[C@H]3C(=O)O)c1. The minimum atomic E-state index is -0.965. The summed E-state index contributed by atoms with van der Waals surface area (Å²) in [5.41, 5.74) is -0.113. The molecule has 8 nitrogen and oxygen atoms in total. The fourth-order valence-corrected chi connectivity index (χ4v) is 3.61. The van der Waals surface area contributed by atoms with Crippen LogP contribution in [0.25, 0.3) is 0 Å². The number of ether oxygens (including phenoxy) is 1. The Balaban J connectivity index is 1.62. The highest BCUT2D eigenvalue weighted by Crippen LogP contribution is 2.37. The number of urea groups is 1. The standard InChI is InChI=1S/C17H21N3O5/c1-25-12-4-2-3-11(9-12)18-16(24)20-7-5-17(6-8-20)13(15(22)23)10-14(21)19-17/h2-4,9,13H,5-8,10H2,1H3,(H,18,24)(H,19,21)(H,22,23)/t13-/m0/s1. The van der Waals surface area contributed by atoms with Gasteiger partial charge in [-0.05, 0) is 25.0 Å². The Bertz CT molecular complexity index is 697. The van der Waals surface area contributed by atoms with E-state index in [1.807, 2.05) is 0 Å². The van der Waals surface area contributed by atoms with Crippen molar-refractivity contribution in [3.63, 3.8) is 0 Å². The molecule has 25 heavy (non-hydrogen) atoms. The third-order valence-electron chi connectivity index (χ3n) is 5.01. The number of hydrogen-bond acceptors (Lipinski definition) is 4. The molecule has 1 aromatic rings. The minimum absolute atomic E-state index is 0.00530. The van der Waals surface area contributed by atoms with Crippen LogP contribution in [-0.2, 0) is 9.59 Å². The van der Waals surface area contributed by atoms with Gasteiger partial charge in [0, 0.05) is 31.3 Å². The second-order valence-electron chi connectivity index (χ2n) is 6.45. The van der Waals surface area contributed by atoms with E-state index in [4.69, 9.17) is 4.74 Å². The normalized spacial score (nSPS) is 21.7. The smallest absolute Gasteiger partial charge is 0.321 e. The molecule has 1 spiro atoms. The molecule has 3 amide bonds. The number of likely N-dealkylation sites (tertiary alicyclic amines) is 1. The van der Waals surface area contributed by atoms with Crippen LogP contribution in [0.3, 0.4) is 0 Å². The van der Waals surface area contributed by atoms with Crippen LogP contribution in [-0.4, -0.2) is 53.7 Å². The molecule has 3 N–H and O–H groups in total. The Labute approximate surface area is 145 Å². The van der Waals surface area contributed by atoms with Gasteiger partial charge >= 0.3 is 12.0 Å². The number of carbonyl (C=O) groups is 3. The lowest BCUT2D eigenvalue weighted by Crippen LogP contribution is -2.57. The lowest BCUT2D eigenvalue weighted by atomic mass is 9.78. The van der Waals surface area contributed by atoms with Gasteiger partial charge in [-0.1, -0.05) is 6.07 Å². The number of piperidine rings is 1. The van der Waals surface area contributed by atoms with E-state index in [0.717, 1.165) is 0 Å². The van der Waals surface area contributed by atoms with Crippen molar-refractivity contribution in [1.29, 1.82) is 0 Å². The lowest BCUT2D eigenvalue weighted by Gasteiger charge is -2.41. The van der Waals surface area contributed by atoms with Crippen LogP contribution in [0.5, 0.6) is 5.75 Å². The Morgan fingerprint density at radius 1 is 1.36 bits per heavy atom. The first kappa shape index (κ1) is 17.1. The number of anilines is 1. The largest absolute Gasteiger partial charge is 0.497 e. The van der Waals surface area contributed by atoms with Gasteiger partial charge in [0.2, 0.25) is 5.91 Å². The van der Waals surface area contributed by atoms with Gasteiger partial charge in [-0.15, -0.1) is 0 Å². The zero-order chi connectivity index (χ0) is 18.0. The van der Waals surface area contributed by atoms with Gasteiger partial charge in [0.15, 0.2) is 0 Å². The summed E-state index contributed by atoms with van der Waals surface area (Å²) in [6.07, 6.45) is 0.869. The summed E-state index contributed by atoms with van der Waals surface area (Å²) in [6, 6.07) is 6.81. The third-order valence-corrected chi connectivity index (χ3v) is 5.01. The Morgan fingerprint density at radius 3 is 2.72 bits per heavy atom. The van der Waals surface area contributed by atoms with Crippen molar-refractivity contribution < 1.29 is 24.2 Å². The molecule has 3 rings (SSSR count). The van der Waals surface area contributed by atoms with E-state index in [2.05, 4.69) is 10.6 Å². The van der Waals surface area contributed by atoms with E-state index in [-0.39, 0.29) is 18.4 Å². The quantitative estimate of drug-likeness (QED) is 0.763. The maximum absolute atomic E-state index is 12.4. The van der Waals surface area contributed by atoms with Crippen molar-refractivity contribution in [2.24, 2.45) is 5.92 Å². The van der Waals surface area contributed by atoms with Crippen molar-refractivity contribution in [2.45, 2.75) is 24.8 Å². The summed E-state index contributed by atoms with van der Waals surface area (Å²) < 4.78 is 5.13. The summed E-state index contributed by atoms with van der Waals surface area (Å²) in [4.78, 5) is 37.2. The fourth-order valence-electron chi connectivity index (χ4n) is 3.61. The predicted molar refractivity (Wildman–Crippen MR) is 89.4 cm³/mol. The summed E-state index contributed by atoms with van der Waals surface area (Å²) in [6.45, 7) is 0.778. The van der Waals surface area contributed by atoms with Gasteiger partial charge in [-0.3, -0.25) is 9.59 Å². The Hall–Kier alpha value is -2.77. The molecular weight excluding hydrogens is 326 g/mol. The Morgan fingerprint density at radius 2 is 2.08 bits per heavy atom. The van der Waals surface area contributed by atoms with Crippen LogP contribution in [0.1, 0.15) is 19.3 Å². The van der Waals surface area contributed by atoms with Crippen molar-refractivity contribution in [3.05, 3.63) is 24.3 Å². The van der Waals surface area contributed by atoms with Gasteiger partial charge in [0.05, 0.1) is 18.6 Å². The van der Waals surface area contributed by atoms with Crippen molar-refractivity contribution in [1.82, 2.24) is 10.2 Å². The molecule has 8 heteroatoms. The number of benzene rings is 1. The van der Waals surface area contributed by atoms with Gasteiger partial charge in [-0.2, -0.15) is 0 Å². The number of nitrogens with one attached hydrogen (secondary N) is 2. The number of carboxylic acids is 1. The van der Waals surface area contributed by atoms with Crippen LogP contribution in [0.2, 0.25) is 0 Å². The minimum Gasteiger partial charge on any atom is -0.497 e. The summed E-state index contributed by atoms with van der Waals surface area (Å²) in [7, 11) is 1.56. The summed E-state index contributed by atoms with van der Waals surface area (Å²) in [5, 5.41) is 15.0. The number of carbonyl (C=O) groups excluding carboxylic acids is 2. The van der Waals surface area contributed by atoms with Crippen LogP contribution >= 0.6 is 0 Å². The molecule has 2 aliphatic heterocycles. The monoisotopic (exact) mass is 347 g/mol. The van der Waals surface area contributed by atoms with Crippen molar-refractivity contribution in [2.75, 3.05) is 25.5 Å². The van der Waals surface area contributed by atoms with E-state index in [9.17, 15) is 19.5 Å². The maximum Gasteiger partial charge on any atom is 0.321 e. The molecule has 2 heterocycles. The number of aliphatic carboxylic acids is 1. The lowest BCUT2D eigenvalue weighted by molar-refractivity contribution is -0.144. The highest BCUT2D eigenvalue weighted by atomic mass is 16.5. The molecule has 2 aliphatic rings. The second kappa shape index (κ2) is 6.62. The zero-order valence-corrected chi connectivity index (χ0v) is 13.9. The molecule has 0 unspecified atom stereocenters. The number of amides is 3. The van der Waals surface area contributed by atoms with E-state index >= 15 is 0 Å². The molecule has 2 fully saturated rings. The number of rotatable bonds is 3. The first-order valence-electron chi connectivity index (χ1n) is 8.17. The topological polar surface area (TPSA) is 108 Å². The van der Waals surface area contributed by atoms with Gasteiger partial charge in [0.25, 0.3) is 0 Å². The van der Waals surface area contributed by atoms with Crippen LogP contribution in [0, 0.1) is 5.92 Å². The molecule has 1 atom stereocenters. The van der Waals surface area contributed by atoms with Crippen molar-refractivity contribution >= 4 is 23.6 Å². The highest BCUT2D eigenvalue weighted by molar-refractivity contribution is 5.90. The first-order valence-corrected chi connectivity index (χ1v) is 8.17. The number of methoxy groups -OCH3 is 1. The average molecular weight is 347 g/mol. The fraction of sp³-hybridized carbons (Fsp3) is 0.471. The molecule has 0 aliphatic carbocycles. The summed E-state index contributed by atoms with van der Waals surface area (Å²) in [5.74, 6) is -1.29. The molecule has 0 saturated carbocycles. The zero-order valence-electron chi connectivity index (χ0n) is 13.9.